The first-order valence-electron chi connectivity index (χ1n) is 11.9. The number of hydrogen-bond acceptors (Lipinski definition) is 2. The molecular formula is C29H25BrN4S. The van der Waals surface area contributed by atoms with E-state index in [1.807, 2.05) is 6.07 Å². The molecular weight excluding hydrogens is 516 g/mol. The standard InChI is InChI=1S/C29H25BrN4S/c1-19-8-7-11-23(18-19)31-28(35)26-25(20-13-15-22(30)16-14-20)24-12-5-6-17-33-27(32-34(26)29(24)33)21-9-3-2-4-10-21/h2-4,7-11,13-16,18H,5-6,12,17H2,1H3,(H,31,35). The van der Waals surface area contributed by atoms with Gasteiger partial charge >= 0.3 is 0 Å². The van der Waals surface area contributed by atoms with Crippen LogP contribution < -0.4 is 5.32 Å². The minimum Gasteiger partial charge on any atom is -0.345 e. The van der Waals surface area contributed by atoms with Crippen LogP contribution in [0.25, 0.3) is 28.2 Å². The molecule has 35 heavy (non-hydrogen) atoms. The zero-order chi connectivity index (χ0) is 23.9. The van der Waals surface area contributed by atoms with Gasteiger partial charge in [-0.25, -0.2) is 4.52 Å². The first-order valence-corrected chi connectivity index (χ1v) is 13.1. The van der Waals surface area contributed by atoms with Crippen LogP contribution in [0.15, 0.2) is 83.3 Å². The fourth-order valence-corrected chi connectivity index (χ4v) is 5.66. The van der Waals surface area contributed by atoms with Crippen molar-refractivity contribution in [2.45, 2.75) is 32.7 Å². The average molecular weight is 542 g/mol. The number of rotatable bonds is 4. The van der Waals surface area contributed by atoms with Gasteiger partial charge in [-0.05, 0) is 61.6 Å². The molecule has 1 aliphatic rings. The van der Waals surface area contributed by atoms with Crippen molar-refractivity contribution in [3.8, 4) is 22.5 Å². The van der Waals surface area contributed by atoms with E-state index in [0.717, 1.165) is 64.3 Å². The first-order chi connectivity index (χ1) is 17.1. The second-order valence-electron chi connectivity index (χ2n) is 9.07. The van der Waals surface area contributed by atoms with Gasteiger partial charge in [-0.1, -0.05) is 82.7 Å². The van der Waals surface area contributed by atoms with Crippen LogP contribution in [0.3, 0.4) is 0 Å². The molecule has 0 saturated heterocycles. The Balaban J connectivity index is 1.61. The molecule has 2 aromatic heterocycles. The molecule has 0 fully saturated rings. The Kier molecular flexibility index (Phi) is 5.78. The van der Waals surface area contributed by atoms with Gasteiger partial charge in [0.25, 0.3) is 0 Å². The number of nitrogens with one attached hydrogen (secondary N) is 1. The number of aromatic nitrogens is 3. The summed E-state index contributed by atoms with van der Waals surface area (Å²) in [5.41, 5.74) is 9.07. The molecule has 0 aliphatic carbocycles. The van der Waals surface area contributed by atoms with Gasteiger partial charge in [0.05, 0.1) is 0 Å². The van der Waals surface area contributed by atoms with E-state index in [9.17, 15) is 0 Å². The fraction of sp³-hybridized carbons (Fsp3) is 0.172. The van der Waals surface area contributed by atoms with E-state index in [-0.39, 0.29) is 0 Å². The summed E-state index contributed by atoms with van der Waals surface area (Å²) in [7, 11) is 0. The highest BCUT2D eigenvalue weighted by molar-refractivity contribution is 9.10. The predicted molar refractivity (Wildman–Crippen MR) is 151 cm³/mol. The van der Waals surface area contributed by atoms with Gasteiger partial charge in [-0.2, -0.15) is 0 Å². The number of halogens is 1. The maximum atomic E-state index is 6.08. The quantitative estimate of drug-likeness (QED) is 0.237. The smallest absolute Gasteiger partial charge is 0.162 e. The molecule has 4 nitrogen and oxygen atoms in total. The summed E-state index contributed by atoms with van der Waals surface area (Å²) >= 11 is 9.67. The van der Waals surface area contributed by atoms with Crippen molar-refractivity contribution >= 4 is 44.5 Å². The Bertz CT molecular complexity index is 1550. The molecule has 0 amide bonds. The predicted octanol–water partition coefficient (Wildman–Crippen LogP) is 7.66. The van der Waals surface area contributed by atoms with E-state index in [2.05, 4.69) is 110 Å². The van der Waals surface area contributed by atoms with Gasteiger partial charge in [0.1, 0.15) is 16.3 Å². The summed E-state index contributed by atoms with van der Waals surface area (Å²) < 4.78 is 5.54. The van der Waals surface area contributed by atoms with Crippen LogP contribution in [0.2, 0.25) is 0 Å². The summed E-state index contributed by atoms with van der Waals surface area (Å²) in [4.78, 5) is 0.680. The Morgan fingerprint density at radius 2 is 1.74 bits per heavy atom. The van der Waals surface area contributed by atoms with Crippen LogP contribution in [0.4, 0.5) is 5.69 Å². The number of anilines is 1. The van der Waals surface area contributed by atoms with Crippen LogP contribution in [0.5, 0.6) is 0 Å². The summed E-state index contributed by atoms with van der Waals surface area (Å²) in [6.07, 6.45) is 3.26. The number of aryl methyl sites for hydroxylation is 3. The molecule has 3 aromatic carbocycles. The lowest BCUT2D eigenvalue weighted by molar-refractivity contribution is 0.645. The van der Waals surface area contributed by atoms with Crippen LogP contribution in [-0.4, -0.2) is 19.2 Å². The highest BCUT2D eigenvalue weighted by Crippen LogP contribution is 2.39. The molecule has 0 bridgehead atoms. The Hall–Kier alpha value is -3.22. The van der Waals surface area contributed by atoms with E-state index < -0.39 is 0 Å². The number of thiocarbonyl (C=S) groups is 1. The van der Waals surface area contributed by atoms with Gasteiger partial charge in [-0.15, -0.1) is 5.10 Å². The number of hydrogen-bond donors (Lipinski definition) is 1. The van der Waals surface area contributed by atoms with Crippen molar-refractivity contribution in [3.05, 3.63) is 100 Å². The number of benzene rings is 3. The number of nitrogens with zero attached hydrogens (tertiary/aromatic N) is 3. The van der Waals surface area contributed by atoms with Gasteiger partial charge in [0, 0.05) is 33.4 Å². The van der Waals surface area contributed by atoms with Crippen molar-refractivity contribution in [2.75, 3.05) is 5.32 Å². The molecule has 5 aromatic rings. The summed E-state index contributed by atoms with van der Waals surface area (Å²) in [5, 5.41) is 8.69. The zero-order valence-corrected chi connectivity index (χ0v) is 21.9. The minimum atomic E-state index is 0.680. The van der Waals surface area contributed by atoms with E-state index >= 15 is 0 Å². The molecule has 0 atom stereocenters. The minimum absolute atomic E-state index is 0.680. The van der Waals surface area contributed by atoms with Crippen molar-refractivity contribution in [1.82, 2.24) is 14.2 Å². The summed E-state index contributed by atoms with van der Waals surface area (Å²) in [5.74, 6) is 0.991. The Morgan fingerprint density at radius 1 is 0.943 bits per heavy atom. The van der Waals surface area contributed by atoms with Crippen molar-refractivity contribution in [1.29, 1.82) is 0 Å². The average Bonchev–Trinajstić information content (AvgIpc) is 3.28. The van der Waals surface area contributed by atoms with E-state index in [0.29, 0.717) is 4.99 Å². The zero-order valence-electron chi connectivity index (χ0n) is 19.5. The summed E-state index contributed by atoms with van der Waals surface area (Å²) in [6.45, 7) is 3.04. The SMILES string of the molecule is Cc1cccc(NC(=S)c2c(-c3ccc(Br)cc3)c3c4n(c(-c5ccccc5)nn24)CCCC3)c1. The molecule has 174 valence electrons. The molecule has 1 N–H and O–H groups in total. The Morgan fingerprint density at radius 3 is 2.51 bits per heavy atom. The molecule has 3 heterocycles. The lowest BCUT2D eigenvalue weighted by Crippen LogP contribution is -2.15. The van der Waals surface area contributed by atoms with Gasteiger partial charge in [-0.3, -0.25) is 0 Å². The highest BCUT2D eigenvalue weighted by Gasteiger charge is 2.29. The molecule has 6 rings (SSSR count). The van der Waals surface area contributed by atoms with Gasteiger partial charge in [0.2, 0.25) is 0 Å². The molecule has 0 radical (unpaired) electrons. The van der Waals surface area contributed by atoms with Crippen LogP contribution in [0, 0.1) is 6.92 Å². The van der Waals surface area contributed by atoms with Crippen LogP contribution >= 0.6 is 28.1 Å². The second-order valence-corrected chi connectivity index (χ2v) is 10.4. The Labute approximate surface area is 218 Å². The summed E-state index contributed by atoms with van der Waals surface area (Å²) in [6, 6.07) is 27.3. The third kappa shape index (κ3) is 4.01. The van der Waals surface area contributed by atoms with Crippen molar-refractivity contribution < 1.29 is 0 Å². The maximum absolute atomic E-state index is 6.08. The molecule has 0 unspecified atom stereocenters. The highest BCUT2D eigenvalue weighted by atomic mass is 79.9. The first kappa shape index (κ1) is 22.3. The van der Waals surface area contributed by atoms with Gasteiger partial charge in [0.15, 0.2) is 5.82 Å². The van der Waals surface area contributed by atoms with E-state index in [4.69, 9.17) is 17.3 Å². The van der Waals surface area contributed by atoms with Crippen LogP contribution in [0.1, 0.15) is 29.7 Å². The van der Waals surface area contributed by atoms with Gasteiger partial charge < -0.3 is 9.88 Å². The lowest BCUT2D eigenvalue weighted by atomic mass is 9.98. The maximum Gasteiger partial charge on any atom is 0.162 e. The topological polar surface area (TPSA) is 34.3 Å². The van der Waals surface area contributed by atoms with E-state index in [1.165, 1.54) is 16.7 Å². The third-order valence-corrected chi connectivity index (χ3v) is 7.47. The van der Waals surface area contributed by atoms with Crippen molar-refractivity contribution in [3.63, 3.8) is 0 Å². The lowest BCUT2D eigenvalue weighted by Gasteiger charge is -2.12. The molecule has 6 heteroatoms. The third-order valence-electron chi connectivity index (χ3n) is 6.64. The van der Waals surface area contributed by atoms with Crippen molar-refractivity contribution in [2.24, 2.45) is 0 Å². The van der Waals surface area contributed by atoms with Crippen LogP contribution in [-0.2, 0) is 13.0 Å². The molecule has 1 aliphatic heterocycles. The molecule has 0 saturated carbocycles. The largest absolute Gasteiger partial charge is 0.345 e. The van der Waals surface area contributed by atoms with E-state index in [1.54, 1.807) is 0 Å². The normalized spacial score (nSPS) is 13.1. The molecule has 0 spiro atoms. The monoisotopic (exact) mass is 540 g/mol. The fourth-order valence-electron chi connectivity index (χ4n) is 5.09. The second kappa shape index (κ2) is 9.10.